The molecule has 0 aliphatic rings. The van der Waals surface area contributed by atoms with E-state index in [2.05, 4.69) is 15.3 Å². The first kappa shape index (κ1) is 14.0. The number of rotatable bonds is 3. The molecule has 7 nitrogen and oxygen atoms in total. The largest absolute Gasteiger partial charge is 0.479 e. The van der Waals surface area contributed by atoms with Crippen molar-refractivity contribution in [1.29, 1.82) is 0 Å². The molecule has 0 aromatic carbocycles. The highest BCUT2D eigenvalue weighted by molar-refractivity contribution is 5.84. The normalized spacial score (nSPS) is 14.7. The summed E-state index contributed by atoms with van der Waals surface area (Å²) < 4.78 is 5.03. The number of alkyl carbamates (subject to hydrolysis) is 1. The van der Waals surface area contributed by atoms with Gasteiger partial charge in [0.15, 0.2) is 5.54 Å². The number of nitrogens with zero attached hydrogens (tertiary/aromatic N) is 1. The number of carbonyl (C=O) groups excluding carboxylic acids is 1. The maximum Gasteiger partial charge on any atom is 0.408 e. The Hall–Kier alpha value is -2.05. The maximum atomic E-state index is 11.6. The maximum absolute atomic E-state index is 11.6. The molecule has 0 aliphatic carbocycles. The van der Waals surface area contributed by atoms with Gasteiger partial charge in [-0.2, -0.15) is 0 Å². The molecule has 1 aromatic heterocycles. The lowest BCUT2D eigenvalue weighted by Crippen LogP contribution is -2.51. The molecule has 7 heteroatoms. The zero-order valence-electron chi connectivity index (χ0n) is 10.8. The Morgan fingerprint density at radius 3 is 2.39 bits per heavy atom. The van der Waals surface area contributed by atoms with Gasteiger partial charge in [-0.15, -0.1) is 0 Å². The fourth-order valence-corrected chi connectivity index (χ4v) is 1.27. The van der Waals surface area contributed by atoms with Gasteiger partial charge in [0.05, 0.1) is 12.0 Å². The number of amides is 1. The van der Waals surface area contributed by atoms with Crippen LogP contribution in [0.2, 0.25) is 0 Å². The van der Waals surface area contributed by atoms with Gasteiger partial charge in [0.2, 0.25) is 0 Å². The Bertz CT molecular complexity index is 436. The van der Waals surface area contributed by atoms with Crippen LogP contribution in [0, 0.1) is 0 Å². The predicted octanol–water partition coefficient (Wildman–Crippen LogP) is 1.23. The number of aromatic amines is 1. The van der Waals surface area contributed by atoms with Gasteiger partial charge in [0.25, 0.3) is 0 Å². The van der Waals surface area contributed by atoms with Gasteiger partial charge >= 0.3 is 12.1 Å². The van der Waals surface area contributed by atoms with Crippen LogP contribution >= 0.6 is 0 Å². The van der Waals surface area contributed by atoms with E-state index in [-0.39, 0.29) is 5.69 Å². The lowest BCUT2D eigenvalue weighted by molar-refractivity contribution is -0.144. The Morgan fingerprint density at radius 2 is 2.00 bits per heavy atom. The number of hydrogen-bond acceptors (Lipinski definition) is 4. The quantitative estimate of drug-likeness (QED) is 0.753. The van der Waals surface area contributed by atoms with Crippen molar-refractivity contribution < 1.29 is 19.4 Å². The monoisotopic (exact) mass is 255 g/mol. The first-order chi connectivity index (χ1) is 8.15. The first-order valence-electron chi connectivity index (χ1n) is 5.39. The summed E-state index contributed by atoms with van der Waals surface area (Å²) in [6, 6.07) is 0. The molecule has 1 heterocycles. The van der Waals surface area contributed by atoms with Crippen LogP contribution in [0.5, 0.6) is 0 Å². The molecule has 3 N–H and O–H groups in total. The van der Waals surface area contributed by atoms with E-state index in [1.54, 1.807) is 20.8 Å². The predicted molar refractivity (Wildman–Crippen MR) is 62.9 cm³/mol. The Balaban J connectivity index is 2.89. The molecule has 100 valence electrons. The van der Waals surface area contributed by atoms with Gasteiger partial charge in [-0.05, 0) is 27.7 Å². The van der Waals surface area contributed by atoms with Gasteiger partial charge in [-0.25, -0.2) is 14.6 Å². The topological polar surface area (TPSA) is 104 Å². The molecule has 1 rings (SSSR count). The van der Waals surface area contributed by atoms with E-state index >= 15 is 0 Å². The van der Waals surface area contributed by atoms with E-state index in [0.717, 1.165) is 0 Å². The zero-order valence-corrected chi connectivity index (χ0v) is 10.8. The van der Waals surface area contributed by atoms with Crippen molar-refractivity contribution in [3.63, 3.8) is 0 Å². The highest BCUT2D eigenvalue weighted by atomic mass is 16.6. The summed E-state index contributed by atoms with van der Waals surface area (Å²) in [4.78, 5) is 29.4. The van der Waals surface area contributed by atoms with Crippen molar-refractivity contribution in [2.75, 3.05) is 0 Å². The number of carboxylic acid groups (broad SMARTS) is 1. The average molecular weight is 255 g/mol. The number of nitrogens with one attached hydrogen (secondary N) is 2. The molecule has 0 saturated heterocycles. The average Bonchev–Trinajstić information content (AvgIpc) is 2.66. The zero-order chi connectivity index (χ0) is 14.0. The van der Waals surface area contributed by atoms with Crippen LogP contribution in [0.25, 0.3) is 0 Å². The van der Waals surface area contributed by atoms with E-state index in [9.17, 15) is 14.7 Å². The highest BCUT2D eigenvalue weighted by Gasteiger charge is 2.40. The fraction of sp³-hybridized carbons (Fsp3) is 0.545. The van der Waals surface area contributed by atoms with Crippen molar-refractivity contribution in [2.24, 2.45) is 0 Å². The van der Waals surface area contributed by atoms with Gasteiger partial charge in [-0.1, -0.05) is 0 Å². The summed E-state index contributed by atoms with van der Waals surface area (Å²) in [5, 5.41) is 11.5. The molecule has 0 radical (unpaired) electrons. The summed E-state index contributed by atoms with van der Waals surface area (Å²) in [7, 11) is 0. The molecule has 1 atom stereocenters. The number of carbonyl (C=O) groups is 2. The smallest absolute Gasteiger partial charge is 0.408 e. The van der Waals surface area contributed by atoms with Crippen molar-refractivity contribution in [3.05, 3.63) is 18.2 Å². The highest BCUT2D eigenvalue weighted by Crippen LogP contribution is 2.19. The van der Waals surface area contributed by atoms with Crippen molar-refractivity contribution in [2.45, 2.75) is 38.8 Å². The van der Waals surface area contributed by atoms with E-state index in [4.69, 9.17) is 4.74 Å². The van der Waals surface area contributed by atoms with Crippen LogP contribution in [-0.4, -0.2) is 32.7 Å². The molecule has 0 saturated carbocycles. The number of ether oxygens (including phenoxy) is 1. The first-order valence-corrected chi connectivity index (χ1v) is 5.39. The Kier molecular flexibility index (Phi) is 3.64. The van der Waals surface area contributed by atoms with Crippen LogP contribution in [0.15, 0.2) is 12.5 Å². The molecule has 1 amide bonds. The molecule has 0 bridgehead atoms. The van der Waals surface area contributed by atoms with Crippen LogP contribution in [0.1, 0.15) is 33.4 Å². The van der Waals surface area contributed by atoms with Crippen LogP contribution in [0.4, 0.5) is 4.79 Å². The second-order valence-corrected chi connectivity index (χ2v) is 5.01. The second-order valence-electron chi connectivity index (χ2n) is 5.01. The molecule has 1 unspecified atom stereocenters. The number of aromatic nitrogens is 2. The number of carboxylic acids is 1. The SMILES string of the molecule is CC(C)(C)OC(=O)NC(C)(C(=O)O)c1c[nH]cn1. The molecule has 0 aliphatic heterocycles. The Morgan fingerprint density at radius 1 is 1.39 bits per heavy atom. The number of H-pyrrole nitrogens is 1. The van der Waals surface area contributed by atoms with E-state index in [1.165, 1.54) is 19.4 Å². The number of hydrogen-bond donors (Lipinski definition) is 3. The van der Waals surface area contributed by atoms with Gasteiger partial charge in [-0.3, -0.25) is 0 Å². The van der Waals surface area contributed by atoms with E-state index in [0.29, 0.717) is 0 Å². The van der Waals surface area contributed by atoms with Crippen LogP contribution in [0.3, 0.4) is 0 Å². The Labute approximate surface area is 105 Å². The third kappa shape index (κ3) is 3.22. The standard InChI is InChI=1S/C11H17N3O4/c1-10(2,3)18-9(17)14-11(4,8(15)16)7-5-12-6-13-7/h5-6H,1-4H3,(H,12,13)(H,14,17)(H,15,16). The summed E-state index contributed by atoms with van der Waals surface area (Å²) in [5.74, 6) is -1.22. The molecule has 1 aromatic rings. The van der Waals surface area contributed by atoms with Gasteiger partial charge in [0.1, 0.15) is 5.60 Å². The summed E-state index contributed by atoms with van der Waals surface area (Å²) >= 11 is 0. The molecular weight excluding hydrogens is 238 g/mol. The molecular formula is C11H17N3O4. The fourth-order valence-electron chi connectivity index (χ4n) is 1.27. The summed E-state index contributed by atoms with van der Waals surface area (Å²) in [6.07, 6.45) is 1.94. The molecule has 0 spiro atoms. The minimum atomic E-state index is -1.64. The van der Waals surface area contributed by atoms with Gasteiger partial charge < -0.3 is 20.1 Å². The van der Waals surface area contributed by atoms with E-state index < -0.39 is 23.2 Å². The van der Waals surface area contributed by atoms with E-state index in [1.807, 2.05) is 0 Å². The lowest BCUT2D eigenvalue weighted by atomic mass is 9.99. The second kappa shape index (κ2) is 4.67. The van der Waals surface area contributed by atoms with Crippen molar-refractivity contribution >= 4 is 12.1 Å². The van der Waals surface area contributed by atoms with Gasteiger partial charge in [0, 0.05) is 6.20 Å². The summed E-state index contributed by atoms with van der Waals surface area (Å²) in [5.41, 5.74) is -2.14. The number of aliphatic carboxylic acids is 1. The van der Waals surface area contributed by atoms with Crippen molar-refractivity contribution in [3.8, 4) is 0 Å². The third-order valence-electron chi connectivity index (χ3n) is 2.19. The number of imidazole rings is 1. The van der Waals surface area contributed by atoms with Crippen LogP contribution < -0.4 is 5.32 Å². The third-order valence-corrected chi connectivity index (χ3v) is 2.19. The minimum absolute atomic E-state index is 0.195. The van der Waals surface area contributed by atoms with Crippen molar-refractivity contribution in [1.82, 2.24) is 15.3 Å². The lowest BCUT2D eigenvalue weighted by Gasteiger charge is -2.27. The van der Waals surface area contributed by atoms with Crippen LogP contribution in [-0.2, 0) is 15.1 Å². The minimum Gasteiger partial charge on any atom is -0.479 e. The molecule has 18 heavy (non-hydrogen) atoms. The molecule has 0 fully saturated rings. The summed E-state index contributed by atoms with van der Waals surface area (Å²) in [6.45, 7) is 6.42.